The molecule has 0 aliphatic carbocycles. The van der Waals surface area contributed by atoms with Crippen molar-refractivity contribution in [2.45, 2.75) is 46.1 Å². The number of hydrogen-bond donors (Lipinski definition) is 1. The number of hydrogen-bond acceptors (Lipinski definition) is 2. The average Bonchev–Trinajstić information content (AvgIpc) is 2.17. The molecule has 0 spiro atoms. The zero-order valence-electron chi connectivity index (χ0n) is 10.2. The van der Waals surface area contributed by atoms with E-state index in [1.54, 1.807) is 0 Å². The zero-order chi connectivity index (χ0) is 11.4. The van der Waals surface area contributed by atoms with Crippen molar-refractivity contribution >= 4 is 5.91 Å². The lowest BCUT2D eigenvalue weighted by molar-refractivity contribution is -0.133. The first-order valence-corrected chi connectivity index (χ1v) is 6.04. The second kappa shape index (κ2) is 5.50. The molecule has 0 radical (unpaired) electrons. The van der Waals surface area contributed by atoms with Gasteiger partial charge >= 0.3 is 0 Å². The number of nitrogens with zero attached hydrogens (tertiary/aromatic N) is 1. The number of piperidine rings is 1. The lowest BCUT2D eigenvalue weighted by Gasteiger charge is -2.34. The van der Waals surface area contributed by atoms with Crippen molar-refractivity contribution in [1.29, 1.82) is 0 Å². The van der Waals surface area contributed by atoms with E-state index in [0.717, 1.165) is 37.8 Å². The van der Waals surface area contributed by atoms with E-state index < -0.39 is 0 Å². The molecule has 0 aromatic rings. The summed E-state index contributed by atoms with van der Waals surface area (Å²) in [5.41, 5.74) is 5.63. The molecule has 1 atom stereocenters. The van der Waals surface area contributed by atoms with Gasteiger partial charge in [0, 0.05) is 25.6 Å². The summed E-state index contributed by atoms with van der Waals surface area (Å²) in [4.78, 5) is 13.7. The molecule has 1 heterocycles. The number of amides is 1. The van der Waals surface area contributed by atoms with E-state index >= 15 is 0 Å². The zero-order valence-corrected chi connectivity index (χ0v) is 10.2. The predicted molar refractivity (Wildman–Crippen MR) is 62.4 cm³/mol. The molecule has 0 bridgehead atoms. The van der Waals surface area contributed by atoms with Gasteiger partial charge in [0.2, 0.25) is 5.91 Å². The van der Waals surface area contributed by atoms with Crippen LogP contribution in [0.5, 0.6) is 0 Å². The van der Waals surface area contributed by atoms with Crippen molar-refractivity contribution < 1.29 is 4.79 Å². The average molecular weight is 212 g/mol. The van der Waals surface area contributed by atoms with Gasteiger partial charge in [0.25, 0.3) is 0 Å². The van der Waals surface area contributed by atoms with Crippen molar-refractivity contribution in [1.82, 2.24) is 4.90 Å². The lowest BCUT2D eigenvalue weighted by atomic mass is 9.86. The second-order valence-electron chi connectivity index (χ2n) is 5.14. The Morgan fingerprint density at radius 1 is 1.33 bits per heavy atom. The van der Waals surface area contributed by atoms with E-state index in [-0.39, 0.29) is 11.9 Å². The van der Waals surface area contributed by atoms with Crippen molar-refractivity contribution in [2.24, 2.45) is 17.6 Å². The highest BCUT2D eigenvalue weighted by Crippen LogP contribution is 2.24. The molecule has 3 heteroatoms. The van der Waals surface area contributed by atoms with E-state index in [1.807, 2.05) is 11.8 Å². The van der Waals surface area contributed by atoms with Gasteiger partial charge in [-0.3, -0.25) is 4.79 Å². The number of rotatable bonds is 3. The Labute approximate surface area is 93.0 Å². The first-order chi connectivity index (χ1) is 7.00. The molecule has 2 N–H and O–H groups in total. The highest BCUT2D eigenvalue weighted by atomic mass is 16.2. The fraction of sp³-hybridized carbons (Fsp3) is 0.917. The summed E-state index contributed by atoms with van der Waals surface area (Å²) in [5, 5.41) is 0. The standard InChI is InChI=1S/C12H24N2O/c1-9(2)11-4-6-14(7-5-11)12(15)8-10(3)13/h9-11H,4-8,13H2,1-3H3/t10-/m0/s1. The van der Waals surface area contributed by atoms with Gasteiger partial charge in [-0.15, -0.1) is 0 Å². The van der Waals surface area contributed by atoms with E-state index in [0.29, 0.717) is 6.42 Å². The maximum absolute atomic E-state index is 11.7. The Bertz CT molecular complexity index is 206. The summed E-state index contributed by atoms with van der Waals surface area (Å²) in [7, 11) is 0. The van der Waals surface area contributed by atoms with Gasteiger partial charge in [-0.2, -0.15) is 0 Å². The summed E-state index contributed by atoms with van der Waals surface area (Å²) in [6, 6.07) is -0.0136. The van der Waals surface area contributed by atoms with Crippen LogP contribution in [0.15, 0.2) is 0 Å². The summed E-state index contributed by atoms with van der Waals surface area (Å²) in [5.74, 6) is 1.77. The van der Waals surface area contributed by atoms with Crippen LogP contribution in [0.2, 0.25) is 0 Å². The molecule has 15 heavy (non-hydrogen) atoms. The Morgan fingerprint density at radius 2 is 1.87 bits per heavy atom. The van der Waals surface area contributed by atoms with Crippen LogP contribution >= 0.6 is 0 Å². The highest BCUT2D eigenvalue weighted by molar-refractivity contribution is 5.76. The molecule has 1 saturated heterocycles. The van der Waals surface area contributed by atoms with Crippen molar-refractivity contribution in [3.05, 3.63) is 0 Å². The number of likely N-dealkylation sites (tertiary alicyclic amines) is 1. The summed E-state index contributed by atoms with van der Waals surface area (Å²) in [6.45, 7) is 8.27. The summed E-state index contributed by atoms with van der Waals surface area (Å²) < 4.78 is 0. The van der Waals surface area contributed by atoms with E-state index in [9.17, 15) is 4.79 Å². The maximum atomic E-state index is 11.7. The third kappa shape index (κ3) is 3.82. The molecule has 0 saturated carbocycles. The van der Waals surface area contributed by atoms with Gasteiger partial charge in [-0.25, -0.2) is 0 Å². The largest absolute Gasteiger partial charge is 0.343 e. The lowest BCUT2D eigenvalue weighted by Crippen LogP contribution is -2.41. The number of carbonyl (C=O) groups is 1. The van der Waals surface area contributed by atoms with Crippen molar-refractivity contribution in [2.75, 3.05) is 13.1 Å². The predicted octanol–water partition coefficient (Wildman–Crippen LogP) is 1.62. The van der Waals surface area contributed by atoms with Crippen LogP contribution in [-0.4, -0.2) is 29.9 Å². The minimum absolute atomic E-state index is 0.0136. The topological polar surface area (TPSA) is 46.3 Å². The SMILES string of the molecule is CC(C)C1CCN(C(=O)C[C@H](C)N)CC1. The van der Waals surface area contributed by atoms with E-state index in [2.05, 4.69) is 13.8 Å². The number of carbonyl (C=O) groups excluding carboxylic acids is 1. The van der Waals surface area contributed by atoms with E-state index in [1.165, 1.54) is 0 Å². The normalized spacial score (nSPS) is 20.7. The first-order valence-electron chi connectivity index (χ1n) is 6.04. The Balaban J connectivity index is 2.34. The molecule has 0 unspecified atom stereocenters. The maximum Gasteiger partial charge on any atom is 0.224 e. The molecule has 1 amide bonds. The van der Waals surface area contributed by atoms with Gasteiger partial charge in [0.15, 0.2) is 0 Å². The van der Waals surface area contributed by atoms with Crippen molar-refractivity contribution in [3.63, 3.8) is 0 Å². The fourth-order valence-electron chi connectivity index (χ4n) is 2.22. The van der Waals surface area contributed by atoms with Crippen LogP contribution in [0.4, 0.5) is 0 Å². The molecule has 1 rings (SSSR count). The van der Waals surface area contributed by atoms with E-state index in [4.69, 9.17) is 5.73 Å². The van der Waals surface area contributed by atoms with Crippen LogP contribution in [0.3, 0.4) is 0 Å². The van der Waals surface area contributed by atoms with Gasteiger partial charge in [-0.05, 0) is 31.6 Å². The smallest absolute Gasteiger partial charge is 0.224 e. The Morgan fingerprint density at radius 3 is 2.27 bits per heavy atom. The molecule has 1 fully saturated rings. The molecule has 0 aromatic heterocycles. The molecule has 1 aliphatic rings. The Hall–Kier alpha value is -0.570. The molecular weight excluding hydrogens is 188 g/mol. The molecular formula is C12H24N2O. The third-order valence-corrected chi connectivity index (χ3v) is 3.33. The van der Waals surface area contributed by atoms with Gasteiger partial charge in [-0.1, -0.05) is 13.8 Å². The third-order valence-electron chi connectivity index (χ3n) is 3.33. The highest BCUT2D eigenvalue weighted by Gasteiger charge is 2.24. The summed E-state index contributed by atoms with van der Waals surface area (Å²) >= 11 is 0. The fourth-order valence-corrected chi connectivity index (χ4v) is 2.22. The monoisotopic (exact) mass is 212 g/mol. The van der Waals surface area contributed by atoms with Gasteiger partial charge in [0.05, 0.1) is 0 Å². The van der Waals surface area contributed by atoms with Crippen LogP contribution in [0.1, 0.15) is 40.0 Å². The quantitative estimate of drug-likeness (QED) is 0.772. The minimum atomic E-state index is -0.0136. The van der Waals surface area contributed by atoms with Crippen LogP contribution in [0.25, 0.3) is 0 Å². The second-order valence-corrected chi connectivity index (χ2v) is 5.14. The van der Waals surface area contributed by atoms with Crippen molar-refractivity contribution in [3.8, 4) is 0 Å². The Kier molecular flexibility index (Phi) is 4.58. The molecule has 1 aliphatic heterocycles. The first kappa shape index (κ1) is 12.5. The van der Waals surface area contributed by atoms with Crippen LogP contribution in [0, 0.1) is 11.8 Å². The number of nitrogens with two attached hydrogens (primary N) is 1. The van der Waals surface area contributed by atoms with Gasteiger partial charge < -0.3 is 10.6 Å². The molecule has 88 valence electrons. The van der Waals surface area contributed by atoms with Gasteiger partial charge in [0.1, 0.15) is 0 Å². The minimum Gasteiger partial charge on any atom is -0.343 e. The van der Waals surface area contributed by atoms with Crippen LogP contribution in [-0.2, 0) is 4.79 Å². The molecule has 3 nitrogen and oxygen atoms in total. The van der Waals surface area contributed by atoms with Crippen LogP contribution < -0.4 is 5.73 Å². The summed E-state index contributed by atoms with van der Waals surface area (Å²) in [6.07, 6.45) is 2.80. The molecule has 0 aromatic carbocycles.